The lowest BCUT2D eigenvalue weighted by Gasteiger charge is -2.19. The second-order valence-corrected chi connectivity index (χ2v) is 9.64. The van der Waals surface area contributed by atoms with Crippen LogP contribution in [0.4, 0.5) is 0 Å². The molecule has 170 valence electrons. The lowest BCUT2D eigenvalue weighted by molar-refractivity contribution is -0.119. The molecule has 1 N–H and O–H groups in total. The van der Waals surface area contributed by atoms with Gasteiger partial charge in [-0.2, -0.15) is 0 Å². The first-order valence-corrected chi connectivity index (χ1v) is 11.9. The zero-order valence-corrected chi connectivity index (χ0v) is 20.3. The Morgan fingerprint density at radius 1 is 1.09 bits per heavy atom. The summed E-state index contributed by atoms with van der Waals surface area (Å²) >= 11 is 1.39. The minimum atomic E-state index is -0.0398. The number of amides is 1. The van der Waals surface area contributed by atoms with Crippen LogP contribution in [-0.4, -0.2) is 26.4 Å². The summed E-state index contributed by atoms with van der Waals surface area (Å²) in [7, 11) is 0. The van der Waals surface area contributed by atoms with Gasteiger partial charge in [-0.15, -0.1) is 10.2 Å². The quantitative estimate of drug-likeness (QED) is 0.455. The monoisotopic (exact) mass is 452 g/mol. The van der Waals surface area contributed by atoms with Crippen LogP contribution in [0, 0.1) is 0 Å². The van der Waals surface area contributed by atoms with Crippen LogP contribution in [0.2, 0.25) is 0 Å². The van der Waals surface area contributed by atoms with E-state index in [0.717, 1.165) is 22.3 Å². The van der Waals surface area contributed by atoms with Crippen LogP contribution >= 0.6 is 11.8 Å². The van der Waals surface area contributed by atoms with Crippen molar-refractivity contribution in [3.05, 3.63) is 71.5 Å². The molecule has 0 aliphatic rings. The van der Waals surface area contributed by atoms with E-state index in [-0.39, 0.29) is 23.1 Å². The van der Waals surface area contributed by atoms with Crippen LogP contribution in [0.1, 0.15) is 57.6 Å². The summed E-state index contributed by atoms with van der Waals surface area (Å²) in [5, 5.41) is 12.3. The van der Waals surface area contributed by atoms with Gasteiger partial charge in [-0.05, 0) is 42.5 Å². The maximum Gasteiger partial charge on any atom is 0.230 e. The van der Waals surface area contributed by atoms with E-state index in [1.54, 1.807) is 0 Å². The molecule has 1 atom stereocenters. The standard InChI is InChI=1S/C25H32N4O2S/c1-6-29-22(16-31-21-14-12-20(13-15-21)25(3,4)5)27-28-24(29)32-17-23(30)26-18(2)19-10-8-7-9-11-19/h7-15,18H,6,16-17H2,1-5H3,(H,26,30). The third-order valence-electron chi connectivity index (χ3n) is 5.21. The Bertz CT molecular complexity index is 1010. The topological polar surface area (TPSA) is 69.0 Å². The minimum absolute atomic E-state index is 0.0336. The fourth-order valence-corrected chi connectivity index (χ4v) is 4.12. The average molecular weight is 453 g/mol. The largest absolute Gasteiger partial charge is 0.486 e. The van der Waals surface area contributed by atoms with Crippen molar-refractivity contribution >= 4 is 17.7 Å². The zero-order chi connectivity index (χ0) is 23.1. The summed E-state index contributed by atoms with van der Waals surface area (Å²) in [4.78, 5) is 12.4. The average Bonchev–Trinajstić information content (AvgIpc) is 3.18. The Kier molecular flexibility index (Phi) is 7.96. The van der Waals surface area contributed by atoms with Crippen LogP contribution < -0.4 is 10.1 Å². The Balaban J connectivity index is 1.54. The molecule has 0 saturated heterocycles. The summed E-state index contributed by atoms with van der Waals surface area (Å²) in [5.41, 5.74) is 2.45. The molecule has 1 heterocycles. The maximum atomic E-state index is 12.4. The molecule has 1 aromatic heterocycles. The van der Waals surface area contributed by atoms with E-state index < -0.39 is 0 Å². The summed E-state index contributed by atoms with van der Waals surface area (Å²) in [6, 6.07) is 18.0. The van der Waals surface area contributed by atoms with E-state index in [0.29, 0.717) is 13.2 Å². The van der Waals surface area contributed by atoms with Crippen LogP contribution in [0.25, 0.3) is 0 Å². The minimum Gasteiger partial charge on any atom is -0.486 e. The number of nitrogens with one attached hydrogen (secondary N) is 1. The summed E-state index contributed by atoms with van der Waals surface area (Å²) in [6.07, 6.45) is 0. The van der Waals surface area contributed by atoms with E-state index in [1.165, 1.54) is 17.3 Å². The Hall–Kier alpha value is -2.80. The molecule has 7 heteroatoms. The molecule has 0 spiro atoms. The third-order valence-corrected chi connectivity index (χ3v) is 6.17. The first-order valence-electron chi connectivity index (χ1n) is 10.9. The number of thioether (sulfide) groups is 1. The van der Waals surface area contributed by atoms with Gasteiger partial charge in [0.15, 0.2) is 11.0 Å². The number of rotatable bonds is 9. The molecule has 0 aliphatic carbocycles. The van der Waals surface area contributed by atoms with Gasteiger partial charge in [0.1, 0.15) is 12.4 Å². The molecule has 0 aliphatic heterocycles. The molecule has 3 rings (SSSR count). The van der Waals surface area contributed by atoms with Gasteiger partial charge >= 0.3 is 0 Å². The second kappa shape index (κ2) is 10.7. The van der Waals surface area contributed by atoms with Gasteiger partial charge in [0, 0.05) is 6.54 Å². The number of hydrogen-bond acceptors (Lipinski definition) is 5. The van der Waals surface area contributed by atoms with E-state index in [9.17, 15) is 4.79 Å². The molecule has 2 aromatic carbocycles. The molecule has 3 aromatic rings. The van der Waals surface area contributed by atoms with Crippen molar-refractivity contribution in [1.82, 2.24) is 20.1 Å². The van der Waals surface area contributed by atoms with Crippen molar-refractivity contribution in [2.24, 2.45) is 0 Å². The molecule has 0 saturated carbocycles. The third kappa shape index (κ3) is 6.36. The van der Waals surface area contributed by atoms with Crippen LogP contribution in [0.5, 0.6) is 5.75 Å². The van der Waals surface area contributed by atoms with Crippen LogP contribution in [0.15, 0.2) is 59.8 Å². The van der Waals surface area contributed by atoms with E-state index in [1.807, 2.05) is 60.9 Å². The molecule has 6 nitrogen and oxygen atoms in total. The van der Waals surface area contributed by atoms with Gasteiger partial charge in [-0.1, -0.05) is 75.0 Å². The highest BCUT2D eigenvalue weighted by Crippen LogP contribution is 2.25. The zero-order valence-electron chi connectivity index (χ0n) is 19.5. The molecule has 0 bridgehead atoms. The molecule has 0 radical (unpaired) electrons. The molecule has 0 fully saturated rings. The summed E-state index contributed by atoms with van der Waals surface area (Å²) in [6.45, 7) is 11.6. The fraction of sp³-hybridized carbons (Fsp3) is 0.400. The molecule has 1 unspecified atom stereocenters. The first-order chi connectivity index (χ1) is 15.3. The number of carbonyl (C=O) groups is 1. The highest BCUT2D eigenvalue weighted by Gasteiger charge is 2.16. The number of nitrogens with zero attached hydrogens (tertiary/aromatic N) is 3. The second-order valence-electron chi connectivity index (χ2n) is 8.69. The van der Waals surface area contributed by atoms with Crippen molar-refractivity contribution in [3.63, 3.8) is 0 Å². The Morgan fingerprint density at radius 3 is 2.41 bits per heavy atom. The van der Waals surface area contributed by atoms with E-state index in [4.69, 9.17) is 4.74 Å². The van der Waals surface area contributed by atoms with Crippen LogP contribution in [0.3, 0.4) is 0 Å². The number of carbonyl (C=O) groups excluding carboxylic acids is 1. The maximum absolute atomic E-state index is 12.4. The summed E-state index contributed by atoms with van der Waals surface area (Å²) < 4.78 is 7.92. The molecule has 32 heavy (non-hydrogen) atoms. The molecular formula is C25H32N4O2S. The van der Waals surface area contributed by atoms with Crippen molar-refractivity contribution in [3.8, 4) is 5.75 Å². The highest BCUT2D eigenvalue weighted by molar-refractivity contribution is 7.99. The smallest absolute Gasteiger partial charge is 0.230 e. The van der Waals surface area contributed by atoms with Gasteiger partial charge in [0.2, 0.25) is 5.91 Å². The van der Waals surface area contributed by atoms with E-state index in [2.05, 4.69) is 48.4 Å². The lowest BCUT2D eigenvalue weighted by atomic mass is 9.87. The normalized spacial score (nSPS) is 12.4. The Labute approximate surface area is 194 Å². The van der Waals surface area contributed by atoms with Crippen molar-refractivity contribution < 1.29 is 9.53 Å². The summed E-state index contributed by atoms with van der Waals surface area (Å²) in [5.74, 6) is 1.79. The number of aromatic nitrogens is 3. The predicted octanol–water partition coefficient (Wildman–Crippen LogP) is 5.14. The Morgan fingerprint density at radius 2 is 1.78 bits per heavy atom. The molecule has 1 amide bonds. The SMILES string of the molecule is CCn1c(COc2ccc(C(C)(C)C)cc2)nnc1SCC(=O)NC(C)c1ccccc1. The lowest BCUT2D eigenvalue weighted by Crippen LogP contribution is -2.28. The van der Waals surface area contributed by atoms with Gasteiger partial charge in [-0.25, -0.2) is 0 Å². The van der Waals surface area contributed by atoms with Gasteiger partial charge < -0.3 is 14.6 Å². The van der Waals surface area contributed by atoms with E-state index >= 15 is 0 Å². The van der Waals surface area contributed by atoms with Crippen molar-refractivity contribution in [2.75, 3.05) is 5.75 Å². The first kappa shape index (κ1) is 23.9. The van der Waals surface area contributed by atoms with Gasteiger partial charge in [0.05, 0.1) is 11.8 Å². The van der Waals surface area contributed by atoms with Crippen molar-refractivity contribution in [1.29, 1.82) is 0 Å². The predicted molar refractivity (Wildman–Crippen MR) is 129 cm³/mol. The van der Waals surface area contributed by atoms with Crippen LogP contribution in [-0.2, 0) is 23.4 Å². The fourth-order valence-electron chi connectivity index (χ4n) is 3.29. The number of ether oxygens (including phenoxy) is 1. The van der Waals surface area contributed by atoms with Gasteiger partial charge in [0.25, 0.3) is 0 Å². The number of hydrogen-bond donors (Lipinski definition) is 1. The number of benzene rings is 2. The van der Waals surface area contributed by atoms with Crippen molar-refractivity contribution in [2.45, 2.75) is 64.4 Å². The van der Waals surface area contributed by atoms with Gasteiger partial charge in [-0.3, -0.25) is 4.79 Å². The highest BCUT2D eigenvalue weighted by atomic mass is 32.2. The molecular weight excluding hydrogens is 420 g/mol.